The predicted molar refractivity (Wildman–Crippen MR) is 90.2 cm³/mol. The van der Waals surface area contributed by atoms with Crippen LogP contribution >= 0.6 is 0 Å². The van der Waals surface area contributed by atoms with Crippen LogP contribution in [0, 0.1) is 0 Å². The summed E-state index contributed by atoms with van der Waals surface area (Å²) in [6.45, 7) is 0. The molecule has 0 saturated carbocycles. The average Bonchev–Trinajstić information content (AvgIpc) is 2.55. The molecule has 4 aromatic carbocycles. The van der Waals surface area contributed by atoms with Gasteiger partial charge in [-0.3, -0.25) is 0 Å². The average molecular weight is 286 g/mol. The number of hydrogen-bond donors (Lipinski definition) is 2. The number of fused-ring (bicyclic) bond motifs is 2. The number of aromatic hydroxyl groups is 2. The lowest BCUT2D eigenvalue weighted by molar-refractivity contribution is 0.481. The first-order valence-electron chi connectivity index (χ1n) is 7.16. The van der Waals surface area contributed by atoms with Gasteiger partial charge in [0.2, 0.25) is 0 Å². The molecule has 0 atom stereocenters. The fourth-order valence-corrected chi connectivity index (χ4v) is 2.89. The molecule has 0 heterocycles. The van der Waals surface area contributed by atoms with Gasteiger partial charge < -0.3 is 10.2 Å². The summed E-state index contributed by atoms with van der Waals surface area (Å²) >= 11 is 0. The summed E-state index contributed by atoms with van der Waals surface area (Å²) in [5.41, 5.74) is 2.17. The van der Waals surface area contributed by atoms with Crippen LogP contribution in [0.4, 0.5) is 0 Å². The van der Waals surface area contributed by atoms with Crippen molar-refractivity contribution in [3.8, 4) is 22.6 Å². The summed E-state index contributed by atoms with van der Waals surface area (Å²) in [6.07, 6.45) is 0. The van der Waals surface area contributed by atoms with E-state index in [4.69, 9.17) is 0 Å². The second-order valence-electron chi connectivity index (χ2n) is 5.43. The summed E-state index contributed by atoms with van der Waals surface area (Å²) in [7, 11) is 0. The van der Waals surface area contributed by atoms with Crippen molar-refractivity contribution in [1.29, 1.82) is 0 Å². The normalized spacial score (nSPS) is 11.1. The molecule has 0 amide bonds. The van der Waals surface area contributed by atoms with Gasteiger partial charge in [-0.15, -0.1) is 0 Å². The van der Waals surface area contributed by atoms with Crippen molar-refractivity contribution in [2.75, 3.05) is 0 Å². The molecule has 0 aliphatic carbocycles. The zero-order chi connectivity index (χ0) is 15.1. The molecular formula is C20H14O2. The quantitative estimate of drug-likeness (QED) is 0.513. The summed E-state index contributed by atoms with van der Waals surface area (Å²) in [5, 5.41) is 23.5. The minimum absolute atomic E-state index is 0.299. The molecule has 0 saturated heterocycles. The number of phenolic OH excluding ortho intramolecular Hbond substituents is 2. The third-order valence-corrected chi connectivity index (χ3v) is 4.05. The molecule has 0 radical (unpaired) electrons. The summed E-state index contributed by atoms with van der Waals surface area (Å²) in [6, 6.07) is 23.1. The smallest absolute Gasteiger partial charge is 0.123 e. The molecule has 0 aliphatic rings. The van der Waals surface area contributed by atoms with Crippen molar-refractivity contribution in [2.24, 2.45) is 0 Å². The molecule has 0 bridgehead atoms. The number of phenols is 2. The third kappa shape index (κ3) is 1.97. The molecule has 106 valence electrons. The molecule has 2 heteroatoms. The van der Waals surface area contributed by atoms with E-state index in [2.05, 4.69) is 12.1 Å². The lowest BCUT2D eigenvalue weighted by atomic mass is 9.98. The minimum atomic E-state index is 0.299. The van der Waals surface area contributed by atoms with E-state index in [-0.39, 0.29) is 0 Å². The van der Waals surface area contributed by atoms with E-state index in [9.17, 15) is 10.2 Å². The highest BCUT2D eigenvalue weighted by molar-refractivity contribution is 5.95. The highest BCUT2D eigenvalue weighted by atomic mass is 16.3. The molecule has 22 heavy (non-hydrogen) atoms. The number of benzene rings is 4. The first kappa shape index (κ1) is 12.7. The minimum Gasteiger partial charge on any atom is -0.507 e. The highest BCUT2D eigenvalue weighted by Crippen LogP contribution is 2.32. The zero-order valence-electron chi connectivity index (χ0n) is 11.8. The van der Waals surface area contributed by atoms with Crippen molar-refractivity contribution < 1.29 is 10.2 Å². The second kappa shape index (κ2) is 4.78. The Hall–Kier alpha value is -3.00. The van der Waals surface area contributed by atoms with Crippen LogP contribution in [-0.4, -0.2) is 10.2 Å². The lowest BCUT2D eigenvalue weighted by Crippen LogP contribution is -1.81. The van der Waals surface area contributed by atoms with Gasteiger partial charge in [-0.1, -0.05) is 48.5 Å². The first-order chi connectivity index (χ1) is 10.7. The number of hydrogen-bond acceptors (Lipinski definition) is 2. The SMILES string of the molecule is Oc1cccc2cc(-c3ccc4c(O)cccc4c3)ccc12. The van der Waals surface area contributed by atoms with E-state index in [1.807, 2.05) is 48.5 Å². The Morgan fingerprint density at radius 2 is 0.955 bits per heavy atom. The highest BCUT2D eigenvalue weighted by Gasteiger charge is 2.05. The van der Waals surface area contributed by atoms with Crippen LogP contribution in [0.1, 0.15) is 0 Å². The molecule has 0 aromatic heterocycles. The van der Waals surface area contributed by atoms with Crippen molar-refractivity contribution >= 4 is 21.5 Å². The van der Waals surface area contributed by atoms with Crippen molar-refractivity contribution in [3.63, 3.8) is 0 Å². The zero-order valence-corrected chi connectivity index (χ0v) is 11.8. The Morgan fingerprint density at radius 1 is 0.500 bits per heavy atom. The van der Waals surface area contributed by atoms with Gasteiger partial charge in [0.15, 0.2) is 0 Å². The van der Waals surface area contributed by atoms with E-state index in [1.54, 1.807) is 12.1 Å². The van der Waals surface area contributed by atoms with Crippen molar-refractivity contribution in [2.45, 2.75) is 0 Å². The van der Waals surface area contributed by atoms with Gasteiger partial charge in [-0.05, 0) is 46.2 Å². The maximum atomic E-state index is 9.88. The van der Waals surface area contributed by atoms with Crippen LogP contribution in [0.3, 0.4) is 0 Å². The molecule has 2 nitrogen and oxygen atoms in total. The predicted octanol–water partition coefficient (Wildman–Crippen LogP) is 5.07. The van der Waals surface area contributed by atoms with Gasteiger partial charge in [0.25, 0.3) is 0 Å². The number of rotatable bonds is 1. The monoisotopic (exact) mass is 286 g/mol. The molecule has 0 fully saturated rings. The van der Waals surface area contributed by atoms with Gasteiger partial charge in [-0.25, -0.2) is 0 Å². The van der Waals surface area contributed by atoms with E-state index >= 15 is 0 Å². The Morgan fingerprint density at radius 3 is 1.41 bits per heavy atom. The Balaban J connectivity index is 1.91. The van der Waals surface area contributed by atoms with Gasteiger partial charge in [0, 0.05) is 10.8 Å². The summed E-state index contributed by atoms with van der Waals surface area (Å²) in [4.78, 5) is 0. The van der Waals surface area contributed by atoms with Crippen LogP contribution in [0.25, 0.3) is 32.7 Å². The molecule has 0 unspecified atom stereocenters. The Labute approximate surface area is 127 Å². The van der Waals surface area contributed by atoms with E-state index in [1.165, 1.54) is 0 Å². The second-order valence-corrected chi connectivity index (χ2v) is 5.43. The lowest BCUT2D eigenvalue weighted by Gasteiger charge is -2.07. The largest absolute Gasteiger partial charge is 0.507 e. The third-order valence-electron chi connectivity index (χ3n) is 4.05. The molecule has 4 aromatic rings. The van der Waals surface area contributed by atoms with Crippen molar-refractivity contribution in [3.05, 3.63) is 72.8 Å². The maximum absolute atomic E-state index is 9.88. The van der Waals surface area contributed by atoms with Crippen LogP contribution in [-0.2, 0) is 0 Å². The van der Waals surface area contributed by atoms with Crippen LogP contribution in [0.5, 0.6) is 11.5 Å². The molecule has 0 aliphatic heterocycles. The fraction of sp³-hybridized carbons (Fsp3) is 0. The first-order valence-corrected chi connectivity index (χ1v) is 7.16. The topological polar surface area (TPSA) is 40.5 Å². The van der Waals surface area contributed by atoms with E-state index < -0.39 is 0 Å². The van der Waals surface area contributed by atoms with Crippen LogP contribution in [0.2, 0.25) is 0 Å². The Bertz CT molecular complexity index is 920. The molecule has 4 rings (SSSR count). The van der Waals surface area contributed by atoms with Gasteiger partial charge >= 0.3 is 0 Å². The standard InChI is InChI=1S/C20H14O2/c21-19-5-1-3-15-11-13(7-9-17(15)19)14-8-10-18-16(12-14)4-2-6-20(18)22/h1-12,21-22H. The maximum Gasteiger partial charge on any atom is 0.123 e. The van der Waals surface area contributed by atoms with Crippen LogP contribution < -0.4 is 0 Å². The fourth-order valence-electron chi connectivity index (χ4n) is 2.89. The van der Waals surface area contributed by atoms with Crippen LogP contribution in [0.15, 0.2) is 72.8 Å². The van der Waals surface area contributed by atoms with Gasteiger partial charge in [0.05, 0.1) is 0 Å². The Kier molecular flexibility index (Phi) is 2.76. The van der Waals surface area contributed by atoms with Gasteiger partial charge in [-0.2, -0.15) is 0 Å². The summed E-state index contributed by atoms with van der Waals surface area (Å²) < 4.78 is 0. The van der Waals surface area contributed by atoms with E-state index in [0.29, 0.717) is 11.5 Å². The van der Waals surface area contributed by atoms with E-state index in [0.717, 1.165) is 32.7 Å². The molecule has 0 spiro atoms. The summed E-state index contributed by atoms with van der Waals surface area (Å²) in [5.74, 6) is 0.597. The van der Waals surface area contributed by atoms with Gasteiger partial charge in [0.1, 0.15) is 11.5 Å². The molecule has 2 N–H and O–H groups in total. The van der Waals surface area contributed by atoms with Crippen molar-refractivity contribution in [1.82, 2.24) is 0 Å². The molecular weight excluding hydrogens is 272 g/mol.